The fourth-order valence-corrected chi connectivity index (χ4v) is 3.80. The highest BCUT2D eigenvalue weighted by molar-refractivity contribution is 5.92. The number of aromatic nitrogens is 2. The van der Waals surface area contributed by atoms with Gasteiger partial charge in [-0.3, -0.25) is 4.79 Å². The van der Waals surface area contributed by atoms with Crippen molar-refractivity contribution in [2.45, 2.75) is 19.8 Å². The number of piperazine rings is 1. The largest absolute Gasteiger partial charge is 0.355 e. The number of carbonyl (C=O) groups is 1. The third-order valence-corrected chi connectivity index (χ3v) is 5.58. The molecule has 0 bridgehead atoms. The molecule has 2 fully saturated rings. The topological polar surface area (TPSA) is 52.6 Å². The molecule has 1 aromatic carbocycles. The third kappa shape index (κ3) is 4.16. The molecule has 2 aliphatic heterocycles. The Bertz CT molecular complexity index is 834. The molecule has 0 N–H and O–H groups in total. The second-order valence-electron chi connectivity index (χ2n) is 7.45. The van der Waals surface area contributed by atoms with Crippen LogP contribution in [0, 0.1) is 6.92 Å². The van der Waals surface area contributed by atoms with Gasteiger partial charge in [0.05, 0.1) is 0 Å². The van der Waals surface area contributed by atoms with E-state index in [1.54, 1.807) is 6.08 Å². The Morgan fingerprint density at radius 1 is 0.857 bits per heavy atom. The van der Waals surface area contributed by atoms with Crippen LogP contribution < -0.4 is 9.80 Å². The zero-order chi connectivity index (χ0) is 19.3. The number of amides is 1. The van der Waals surface area contributed by atoms with Crippen LogP contribution in [0.15, 0.2) is 42.5 Å². The normalized spacial score (nSPS) is 17.5. The van der Waals surface area contributed by atoms with Crippen LogP contribution in [-0.4, -0.2) is 60.3 Å². The first kappa shape index (κ1) is 18.5. The van der Waals surface area contributed by atoms with E-state index in [0.29, 0.717) is 13.1 Å². The minimum absolute atomic E-state index is 0.0679. The summed E-state index contributed by atoms with van der Waals surface area (Å²) in [6, 6.07) is 12.2. The predicted molar refractivity (Wildman–Crippen MR) is 112 cm³/mol. The van der Waals surface area contributed by atoms with E-state index in [1.807, 2.05) is 29.2 Å². The number of hydrogen-bond donors (Lipinski definition) is 0. The highest BCUT2D eigenvalue weighted by Gasteiger charge is 2.21. The maximum absolute atomic E-state index is 12.5. The van der Waals surface area contributed by atoms with Crippen molar-refractivity contribution in [1.82, 2.24) is 15.1 Å². The highest BCUT2D eigenvalue weighted by Crippen LogP contribution is 2.20. The standard InChI is InChI=1S/C22H27N5O/c1-18-6-2-3-7-19(18)8-11-22(28)27-16-14-26(15-17-27)21-10-9-20(23-24-21)25-12-4-5-13-25/h2-3,6-11H,4-5,12-17H2,1H3/b11-8+. The van der Waals surface area contributed by atoms with Gasteiger partial charge in [0.15, 0.2) is 11.6 Å². The van der Waals surface area contributed by atoms with Crippen LogP contribution in [0.3, 0.4) is 0 Å². The fourth-order valence-electron chi connectivity index (χ4n) is 3.80. The number of aryl methyl sites for hydroxylation is 1. The van der Waals surface area contributed by atoms with Crippen molar-refractivity contribution in [3.8, 4) is 0 Å². The lowest BCUT2D eigenvalue weighted by Gasteiger charge is -2.34. The summed E-state index contributed by atoms with van der Waals surface area (Å²) in [6.45, 7) is 7.16. The van der Waals surface area contributed by atoms with E-state index < -0.39 is 0 Å². The van der Waals surface area contributed by atoms with Gasteiger partial charge in [0.1, 0.15) is 0 Å². The molecule has 0 unspecified atom stereocenters. The summed E-state index contributed by atoms with van der Waals surface area (Å²) in [7, 11) is 0. The molecule has 6 heteroatoms. The molecular formula is C22H27N5O. The summed E-state index contributed by atoms with van der Waals surface area (Å²) >= 11 is 0. The van der Waals surface area contributed by atoms with Gasteiger partial charge in [0.25, 0.3) is 0 Å². The van der Waals surface area contributed by atoms with Crippen LogP contribution >= 0.6 is 0 Å². The van der Waals surface area contributed by atoms with Gasteiger partial charge in [0, 0.05) is 45.3 Å². The summed E-state index contributed by atoms with van der Waals surface area (Å²) in [5.41, 5.74) is 2.26. The minimum Gasteiger partial charge on any atom is -0.355 e. The molecule has 2 aliphatic rings. The first-order valence-electron chi connectivity index (χ1n) is 10.1. The number of anilines is 2. The van der Waals surface area contributed by atoms with Crippen molar-refractivity contribution in [3.63, 3.8) is 0 Å². The first-order valence-corrected chi connectivity index (χ1v) is 10.1. The van der Waals surface area contributed by atoms with Gasteiger partial charge in [-0.25, -0.2) is 0 Å². The van der Waals surface area contributed by atoms with E-state index in [4.69, 9.17) is 0 Å². The van der Waals surface area contributed by atoms with Gasteiger partial charge in [-0.2, -0.15) is 0 Å². The number of hydrogen-bond acceptors (Lipinski definition) is 5. The zero-order valence-corrected chi connectivity index (χ0v) is 16.4. The smallest absolute Gasteiger partial charge is 0.246 e. The molecule has 2 saturated heterocycles. The number of nitrogens with zero attached hydrogens (tertiary/aromatic N) is 5. The average Bonchev–Trinajstić information content (AvgIpc) is 3.28. The molecule has 4 rings (SSSR count). The number of benzene rings is 1. The molecule has 0 spiro atoms. The second-order valence-corrected chi connectivity index (χ2v) is 7.45. The highest BCUT2D eigenvalue weighted by atomic mass is 16.2. The van der Waals surface area contributed by atoms with E-state index in [1.165, 1.54) is 18.4 Å². The van der Waals surface area contributed by atoms with Crippen LogP contribution in [-0.2, 0) is 4.79 Å². The molecule has 2 aromatic rings. The van der Waals surface area contributed by atoms with Crippen molar-refractivity contribution in [2.75, 3.05) is 49.1 Å². The van der Waals surface area contributed by atoms with Gasteiger partial charge in [-0.1, -0.05) is 24.3 Å². The zero-order valence-electron chi connectivity index (χ0n) is 16.4. The molecule has 3 heterocycles. The number of rotatable bonds is 4. The van der Waals surface area contributed by atoms with Crippen molar-refractivity contribution >= 4 is 23.6 Å². The molecule has 6 nitrogen and oxygen atoms in total. The molecule has 1 aromatic heterocycles. The van der Waals surface area contributed by atoms with Gasteiger partial charge >= 0.3 is 0 Å². The summed E-state index contributed by atoms with van der Waals surface area (Å²) in [5.74, 6) is 1.93. The lowest BCUT2D eigenvalue weighted by molar-refractivity contribution is -0.126. The summed E-state index contributed by atoms with van der Waals surface area (Å²) in [4.78, 5) is 18.9. The van der Waals surface area contributed by atoms with E-state index >= 15 is 0 Å². The van der Waals surface area contributed by atoms with E-state index in [0.717, 1.165) is 43.4 Å². The minimum atomic E-state index is 0.0679. The molecule has 0 saturated carbocycles. The Kier molecular flexibility index (Phi) is 5.55. The quantitative estimate of drug-likeness (QED) is 0.767. The first-order chi connectivity index (χ1) is 13.7. The van der Waals surface area contributed by atoms with Gasteiger partial charge in [-0.15, -0.1) is 10.2 Å². The molecular weight excluding hydrogens is 350 g/mol. The van der Waals surface area contributed by atoms with Crippen molar-refractivity contribution in [3.05, 3.63) is 53.6 Å². The average molecular weight is 377 g/mol. The lowest BCUT2D eigenvalue weighted by atomic mass is 10.1. The van der Waals surface area contributed by atoms with Crippen molar-refractivity contribution < 1.29 is 4.79 Å². The SMILES string of the molecule is Cc1ccccc1/C=C/C(=O)N1CCN(c2ccc(N3CCCC3)nn2)CC1. The van der Waals surface area contributed by atoms with E-state index in [-0.39, 0.29) is 5.91 Å². The number of carbonyl (C=O) groups excluding carboxylic acids is 1. The fraction of sp³-hybridized carbons (Fsp3) is 0.409. The summed E-state index contributed by atoms with van der Waals surface area (Å²) < 4.78 is 0. The molecule has 1 amide bonds. The maximum Gasteiger partial charge on any atom is 0.246 e. The summed E-state index contributed by atoms with van der Waals surface area (Å²) in [5, 5.41) is 8.82. The Morgan fingerprint density at radius 3 is 2.07 bits per heavy atom. The third-order valence-electron chi connectivity index (χ3n) is 5.58. The lowest BCUT2D eigenvalue weighted by Crippen LogP contribution is -2.48. The molecule has 0 atom stereocenters. The van der Waals surface area contributed by atoms with Crippen molar-refractivity contribution in [1.29, 1.82) is 0 Å². The molecule has 0 aliphatic carbocycles. The van der Waals surface area contributed by atoms with E-state index in [2.05, 4.69) is 45.1 Å². The molecule has 146 valence electrons. The van der Waals surface area contributed by atoms with Crippen LogP contribution in [0.5, 0.6) is 0 Å². The predicted octanol–water partition coefficient (Wildman–Crippen LogP) is 2.75. The van der Waals surface area contributed by atoms with Crippen LogP contribution in [0.1, 0.15) is 24.0 Å². The monoisotopic (exact) mass is 377 g/mol. The maximum atomic E-state index is 12.5. The van der Waals surface area contributed by atoms with E-state index in [9.17, 15) is 4.79 Å². The Labute approximate surface area is 166 Å². The summed E-state index contributed by atoms with van der Waals surface area (Å²) in [6.07, 6.45) is 6.06. The van der Waals surface area contributed by atoms with Crippen LogP contribution in [0.25, 0.3) is 6.08 Å². The Hall–Kier alpha value is -2.89. The van der Waals surface area contributed by atoms with Gasteiger partial charge in [0.2, 0.25) is 5.91 Å². The van der Waals surface area contributed by atoms with Gasteiger partial charge in [-0.05, 0) is 49.1 Å². The molecule has 0 radical (unpaired) electrons. The van der Waals surface area contributed by atoms with Crippen molar-refractivity contribution in [2.24, 2.45) is 0 Å². The van der Waals surface area contributed by atoms with Crippen LogP contribution in [0.2, 0.25) is 0 Å². The second kappa shape index (κ2) is 8.42. The van der Waals surface area contributed by atoms with Gasteiger partial charge < -0.3 is 14.7 Å². The molecule has 28 heavy (non-hydrogen) atoms. The Balaban J connectivity index is 1.31. The Morgan fingerprint density at radius 2 is 1.46 bits per heavy atom. The van der Waals surface area contributed by atoms with Crippen LogP contribution in [0.4, 0.5) is 11.6 Å².